The Labute approximate surface area is 130 Å². The van der Waals surface area contributed by atoms with E-state index in [2.05, 4.69) is 9.05 Å². The van der Waals surface area contributed by atoms with Gasteiger partial charge in [0.05, 0.1) is 0 Å². The minimum absolute atomic E-state index is 0.0930. The maximum atomic E-state index is 13.3. The minimum Gasteiger partial charge on any atom is -0.294 e. The van der Waals surface area contributed by atoms with Crippen LogP contribution in [0.4, 0.5) is 8.78 Å². The summed E-state index contributed by atoms with van der Waals surface area (Å²) in [6.07, 6.45) is -0.471. The van der Waals surface area contributed by atoms with Crippen molar-refractivity contribution in [1.29, 1.82) is 0 Å². The van der Waals surface area contributed by atoms with Crippen LogP contribution in [0, 0.1) is 0 Å². The summed E-state index contributed by atoms with van der Waals surface area (Å²) in [5.74, 6) is -1.64. The second kappa shape index (κ2) is 12.7. The van der Waals surface area contributed by atoms with Gasteiger partial charge in [-0.2, -0.15) is 0 Å². The van der Waals surface area contributed by atoms with Crippen LogP contribution in [0.1, 0.15) is 52.4 Å². The van der Waals surface area contributed by atoms with Gasteiger partial charge in [-0.25, -0.2) is 8.78 Å². The van der Waals surface area contributed by atoms with E-state index < -0.39 is 45.4 Å². The average molecular weight is 341 g/mol. The zero-order valence-corrected chi connectivity index (χ0v) is 14.0. The van der Waals surface area contributed by atoms with E-state index in [1.807, 2.05) is 13.8 Å². The lowest BCUT2D eigenvalue weighted by Gasteiger charge is -2.03. The molecule has 8 heteroatoms. The molecule has 0 rings (SSSR count). The van der Waals surface area contributed by atoms with Crippen molar-refractivity contribution in [2.75, 3.05) is 13.2 Å². The van der Waals surface area contributed by atoms with Crippen LogP contribution in [0.25, 0.3) is 0 Å². The summed E-state index contributed by atoms with van der Waals surface area (Å²) in [5.41, 5.74) is 0. The highest BCUT2D eigenvalue weighted by atomic mass is 31.1. The minimum atomic E-state index is -2.75. The van der Waals surface area contributed by atoms with Crippen LogP contribution in [-0.2, 0) is 23.2 Å². The zero-order chi connectivity index (χ0) is 17.0. The van der Waals surface area contributed by atoms with E-state index in [0.717, 1.165) is 12.8 Å². The van der Waals surface area contributed by atoms with Crippen LogP contribution in [0.15, 0.2) is 0 Å². The van der Waals surface area contributed by atoms with Gasteiger partial charge in [0.1, 0.15) is 0 Å². The number of unbranched alkanes of at least 4 members (excludes halogenated alkanes) is 2. The van der Waals surface area contributed by atoms with E-state index in [1.165, 1.54) is 0 Å². The summed E-state index contributed by atoms with van der Waals surface area (Å²) in [4.78, 5) is 22.6. The molecule has 0 aromatic carbocycles. The Balaban J connectivity index is 3.90. The first-order valence-corrected chi connectivity index (χ1v) is 8.58. The van der Waals surface area contributed by atoms with Gasteiger partial charge >= 0.3 is 8.25 Å². The summed E-state index contributed by atoms with van der Waals surface area (Å²) in [6.45, 7) is 2.36. The van der Waals surface area contributed by atoms with Crippen molar-refractivity contribution in [1.82, 2.24) is 0 Å². The number of hydrogen-bond acceptors (Lipinski definition) is 5. The molecule has 0 radical (unpaired) electrons. The highest BCUT2D eigenvalue weighted by molar-refractivity contribution is 7.33. The predicted molar refractivity (Wildman–Crippen MR) is 78.4 cm³/mol. The molecule has 0 aliphatic heterocycles. The van der Waals surface area contributed by atoms with Crippen molar-refractivity contribution in [3.63, 3.8) is 0 Å². The summed E-state index contributed by atoms with van der Waals surface area (Å²) in [7, 11) is -2.75. The lowest BCUT2D eigenvalue weighted by molar-refractivity contribution is -0.126. The second-order valence-corrected chi connectivity index (χ2v) is 5.89. The van der Waals surface area contributed by atoms with Crippen molar-refractivity contribution >= 4 is 19.8 Å². The predicted octanol–water partition coefficient (Wildman–Crippen LogP) is 3.87. The summed E-state index contributed by atoms with van der Waals surface area (Å²) in [6, 6.07) is 0. The van der Waals surface area contributed by atoms with E-state index >= 15 is 0 Å². The monoisotopic (exact) mass is 341 g/mol. The van der Waals surface area contributed by atoms with Crippen molar-refractivity contribution in [2.24, 2.45) is 0 Å². The van der Waals surface area contributed by atoms with E-state index in [0.29, 0.717) is 12.8 Å². The molecule has 0 bridgehead atoms. The second-order valence-electron chi connectivity index (χ2n) is 4.92. The van der Waals surface area contributed by atoms with Gasteiger partial charge in [-0.3, -0.25) is 9.59 Å². The quantitative estimate of drug-likeness (QED) is 0.449. The number of ketones is 2. The maximum Gasteiger partial charge on any atom is 0.698 e. The fourth-order valence-corrected chi connectivity index (χ4v) is 2.08. The largest absolute Gasteiger partial charge is 0.698 e. The molecule has 0 spiro atoms. The number of alkyl halides is 2. The Kier molecular flexibility index (Phi) is 12.3. The molecule has 0 aliphatic rings. The Bertz CT molecular complexity index is 333. The maximum absolute atomic E-state index is 13.3. The number of hydrogen-bond donors (Lipinski definition) is 0. The van der Waals surface area contributed by atoms with Crippen LogP contribution in [0.3, 0.4) is 0 Å². The molecule has 5 nitrogen and oxygen atoms in total. The average Bonchev–Trinajstić information content (AvgIpc) is 2.52. The molecule has 0 aliphatic carbocycles. The number of carbonyl (C=O) groups is 2. The van der Waals surface area contributed by atoms with Gasteiger partial charge in [-0.15, -0.1) is 9.05 Å². The number of Topliss-reactive ketones (excluding diaryl/α,β-unsaturated/α-hetero) is 2. The number of rotatable bonds is 14. The van der Waals surface area contributed by atoms with Gasteiger partial charge in [-0.05, 0) is 12.8 Å². The standard InChI is InChI=1S/C14H24F2O5P/c1-3-5-7-11(15)13(17)9-20-22(19)21-10-14(18)12(16)8-6-4-2/h11-12H,3-10H2,1-2H3/q+1/t11-,12-/m0/s1. The molecule has 0 fully saturated rings. The van der Waals surface area contributed by atoms with Gasteiger partial charge in [-0.1, -0.05) is 39.5 Å². The molecular weight excluding hydrogens is 317 g/mol. The lowest BCUT2D eigenvalue weighted by atomic mass is 10.1. The van der Waals surface area contributed by atoms with Gasteiger partial charge in [0.2, 0.25) is 0 Å². The summed E-state index contributed by atoms with van der Waals surface area (Å²) < 4.78 is 47.0. The van der Waals surface area contributed by atoms with E-state index in [-0.39, 0.29) is 12.8 Å². The van der Waals surface area contributed by atoms with Crippen molar-refractivity contribution in [3.05, 3.63) is 0 Å². The van der Waals surface area contributed by atoms with Crippen molar-refractivity contribution < 1.29 is 32.0 Å². The molecule has 0 amide bonds. The summed E-state index contributed by atoms with van der Waals surface area (Å²) >= 11 is 0. The molecule has 22 heavy (non-hydrogen) atoms. The van der Waals surface area contributed by atoms with Crippen molar-refractivity contribution in [2.45, 2.75) is 64.7 Å². The molecule has 0 unspecified atom stereocenters. The SMILES string of the molecule is CCCC[C@H](F)C(=O)CO[P+](=O)OCC(=O)[C@@H](F)CCCC. The van der Waals surface area contributed by atoms with Crippen LogP contribution >= 0.6 is 8.25 Å². The van der Waals surface area contributed by atoms with Gasteiger partial charge in [0.25, 0.3) is 0 Å². The van der Waals surface area contributed by atoms with Crippen molar-refractivity contribution in [3.8, 4) is 0 Å². The van der Waals surface area contributed by atoms with Crippen LogP contribution in [0.5, 0.6) is 0 Å². The fourth-order valence-electron chi connectivity index (χ4n) is 1.54. The molecule has 0 saturated carbocycles. The van der Waals surface area contributed by atoms with Gasteiger partial charge in [0.15, 0.2) is 37.1 Å². The van der Waals surface area contributed by atoms with Gasteiger partial charge in [0, 0.05) is 4.57 Å². The highest BCUT2D eigenvalue weighted by Crippen LogP contribution is 2.24. The van der Waals surface area contributed by atoms with E-state index in [9.17, 15) is 22.9 Å². The Hall–Kier alpha value is -0.780. The first-order chi connectivity index (χ1) is 10.4. The molecule has 0 aromatic rings. The number of carbonyl (C=O) groups excluding carboxylic acids is 2. The topological polar surface area (TPSA) is 69.7 Å². The molecule has 2 atom stereocenters. The smallest absolute Gasteiger partial charge is 0.294 e. The fraction of sp³-hybridized carbons (Fsp3) is 0.857. The first-order valence-electron chi connectivity index (χ1n) is 7.48. The Morgan fingerprint density at radius 3 is 1.59 bits per heavy atom. The first kappa shape index (κ1) is 21.2. The van der Waals surface area contributed by atoms with Gasteiger partial charge < -0.3 is 0 Å². The molecule has 0 heterocycles. The van der Waals surface area contributed by atoms with E-state index in [1.54, 1.807) is 0 Å². The molecular formula is C14H24F2O5P+. The Morgan fingerprint density at radius 2 is 1.27 bits per heavy atom. The third-order valence-electron chi connectivity index (χ3n) is 2.95. The third kappa shape index (κ3) is 10.0. The van der Waals surface area contributed by atoms with E-state index in [4.69, 9.17) is 0 Å². The molecule has 0 saturated heterocycles. The lowest BCUT2D eigenvalue weighted by Crippen LogP contribution is -2.21. The molecule has 0 aromatic heterocycles. The summed E-state index contributed by atoms with van der Waals surface area (Å²) in [5, 5.41) is 0. The normalized spacial score (nSPS) is 13.6. The Morgan fingerprint density at radius 1 is 0.909 bits per heavy atom. The van der Waals surface area contributed by atoms with Crippen LogP contribution in [-0.4, -0.2) is 37.1 Å². The highest BCUT2D eigenvalue weighted by Gasteiger charge is 2.28. The van der Waals surface area contributed by atoms with Crippen LogP contribution in [0.2, 0.25) is 0 Å². The molecule has 128 valence electrons. The number of halogens is 2. The van der Waals surface area contributed by atoms with Crippen LogP contribution < -0.4 is 0 Å². The molecule has 0 N–H and O–H groups in total. The zero-order valence-electron chi connectivity index (χ0n) is 13.1. The third-order valence-corrected chi connectivity index (χ3v) is 3.63.